The van der Waals surface area contributed by atoms with Crippen molar-refractivity contribution in [2.45, 2.75) is 38.8 Å². The van der Waals surface area contributed by atoms with Crippen LogP contribution < -0.4 is 5.32 Å². The van der Waals surface area contributed by atoms with E-state index < -0.39 is 0 Å². The van der Waals surface area contributed by atoms with Gasteiger partial charge in [-0.1, -0.05) is 41.1 Å². The van der Waals surface area contributed by atoms with Crippen LogP contribution in [0.4, 0.5) is 0 Å². The summed E-state index contributed by atoms with van der Waals surface area (Å²) >= 11 is 3.66. The quantitative estimate of drug-likeness (QED) is 0.894. The van der Waals surface area contributed by atoms with Gasteiger partial charge >= 0.3 is 0 Å². The summed E-state index contributed by atoms with van der Waals surface area (Å²) in [6, 6.07) is 9.70. The second kappa shape index (κ2) is 6.69. The number of hydrogen-bond donors (Lipinski definition) is 1. The Bertz CT molecular complexity index is 375. The van der Waals surface area contributed by atoms with Crippen molar-refractivity contribution >= 4 is 15.9 Å². The maximum Gasteiger partial charge on any atom is 0.0331 e. The van der Waals surface area contributed by atoms with Crippen molar-refractivity contribution in [2.24, 2.45) is 0 Å². The summed E-state index contributed by atoms with van der Waals surface area (Å²) in [4.78, 5) is 2.56. The zero-order valence-electron chi connectivity index (χ0n) is 11.3. The maximum atomic E-state index is 3.66. The standard InChI is InChI=1S/C15H23BrN2/c1-3-18(11-13-7-6-10-17-13)12(2)14-8-4-5-9-15(14)16/h4-5,8-9,12-13,17H,3,6-7,10-11H2,1-2H3. The number of benzene rings is 1. The Morgan fingerprint density at radius 3 is 2.83 bits per heavy atom. The van der Waals surface area contributed by atoms with Gasteiger partial charge in [0.25, 0.3) is 0 Å². The molecular weight excluding hydrogens is 288 g/mol. The first-order valence-corrected chi connectivity index (χ1v) is 7.73. The topological polar surface area (TPSA) is 15.3 Å². The van der Waals surface area contributed by atoms with Crippen molar-refractivity contribution in [3.8, 4) is 0 Å². The average Bonchev–Trinajstić information content (AvgIpc) is 2.88. The van der Waals surface area contributed by atoms with Crippen LogP contribution in [-0.4, -0.2) is 30.6 Å². The molecule has 1 aliphatic rings. The van der Waals surface area contributed by atoms with Crippen molar-refractivity contribution in [1.29, 1.82) is 0 Å². The smallest absolute Gasteiger partial charge is 0.0331 e. The van der Waals surface area contributed by atoms with Crippen molar-refractivity contribution in [1.82, 2.24) is 10.2 Å². The highest BCUT2D eigenvalue weighted by Gasteiger charge is 2.22. The Morgan fingerprint density at radius 1 is 1.44 bits per heavy atom. The molecule has 0 amide bonds. The van der Waals surface area contributed by atoms with E-state index in [0.29, 0.717) is 12.1 Å². The van der Waals surface area contributed by atoms with Gasteiger partial charge in [0.2, 0.25) is 0 Å². The van der Waals surface area contributed by atoms with Crippen LogP contribution >= 0.6 is 15.9 Å². The van der Waals surface area contributed by atoms with E-state index in [0.717, 1.165) is 13.1 Å². The number of halogens is 1. The zero-order chi connectivity index (χ0) is 13.0. The van der Waals surface area contributed by atoms with Gasteiger partial charge in [0.15, 0.2) is 0 Å². The first-order valence-electron chi connectivity index (χ1n) is 6.94. The molecule has 3 heteroatoms. The normalized spacial score (nSPS) is 21.4. The highest BCUT2D eigenvalue weighted by atomic mass is 79.9. The molecule has 0 radical (unpaired) electrons. The zero-order valence-corrected chi connectivity index (χ0v) is 12.9. The molecule has 100 valence electrons. The van der Waals surface area contributed by atoms with Crippen molar-refractivity contribution < 1.29 is 0 Å². The minimum atomic E-state index is 0.466. The lowest BCUT2D eigenvalue weighted by atomic mass is 10.1. The summed E-state index contributed by atoms with van der Waals surface area (Å²) in [6.07, 6.45) is 2.64. The van der Waals surface area contributed by atoms with E-state index >= 15 is 0 Å². The Labute approximate surface area is 119 Å². The van der Waals surface area contributed by atoms with Crippen molar-refractivity contribution in [3.05, 3.63) is 34.3 Å². The molecule has 0 spiro atoms. The third-order valence-corrected chi connectivity index (χ3v) is 4.65. The van der Waals surface area contributed by atoms with Crippen LogP contribution in [0, 0.1) is 0 Å². The summed E-state index contributed by atoms with van der Waals surface area (Å²) in [7, 11) is 0. The molecule has 1 aromatic carbocycles. The predicted molar refractivity (Wildman–Crippen MR) is 80.8 cm³/mol. The molecule has 1 aliphatic heterocycles. The summed E-state index contributed by atoms with van der Waals surface area (Å²) in [5.41, 5.74) is 1.39. The van der Waals surface area contributed by atoms with Crippen LogP contribution in [0.15, 0.2) is 28.7 Å². The lowest BCUT2D eigenvalue weighted by Gasteiger charge is -2.31. The second-order valence-corrected chi connectivity index (χ2v) is 5.93. The van der Waals surface area contributed by atoms with Crippen LogP contribution in [-0.2, 0) is 0 Å². The van der Waals surface area contributed by atoms with E-state index in [1.54, 1.807) is 0 Å². The third-order valence-electron chi connectivity index (χ3n) is 3.93. The number of rotatable bonds is 5. The fourth-order valence-corrected chi connectivity index (χ4v) is 3.38. The molecular formula is C15H23BrN2. The maximum absolute atomic E-state index is 3.66. The number of hydrogen-bond acceptors (Lipinski definition) is 2. The lowest BCUT2D eigenvalue weighted by molar-refractivity contribution is 0.202. The van der Waals surface area contributed by atoms with E-state index in [-0.39, 0.29) is 0 Å². The van der Waals surface area contributed by atoms with Gasteiger partial charge < -0.3 is 5.32 Å². The molecule has 1 aromatic rings. The van der Waals surface area contributed by atoms with Crippen LogP contribution in [0.5, 0.6) is 0 Å². The fourth-order valence-electron chi connectivity index (χ4n) is 2.77. The highest BCUT2D eigenvalue weighted by molar-refractivity contribution is 9.10. The van der Waals surface area contributed by atoms with E-state index in [1.807, 2.05) is 0 Å². The molecule has 0 saturated carbocycles. The predicted octanol–water partition coefficient (Wildman–Crippen LogP) is 3.58. The van der Waals surface area contributed by atoms with Gasteiger partial charge in [-0.15, -0.1) is 0 Å². The number of nitrogens with one attached hydrogen (secondary N) is 1. The molecule has 2 rings (SSSR count). The molecule has 0 aliphatic carbocycles. The molecule has 2 atom stereocenters. The summed E-state index contributed by atoms with van der Waals surface area (Å²) < 4.78 is 1.22. The van der Waals surface area contributed by atoms with Crippen LogP contribution in [0.1, 0.15) is 38.3 Å². The van der Waals surface area contributed by atoms with Gasteiger partial charge in [-0.25, -0.2) is 0 Å². The molecule has 2 unspecified atom stereocenters. The van der Waals surface area contributed by atoms with Crippen LogP contribution in [0.25, 0.3) is 0 Å². The third kappa shape index (κ3) is 3.34. The van der Waals surface area contributed by atoms with E-state index in [1.165, 1.54) is 29.4 Å². The Hall–Kier alpha value is -0.380. The Kier molecular flexibility index (Phi) is 5.22. The molecule has 1 N–H and O–H groups in total. The monoisotopic (exact) mass is 310 g/mol. The van der Waals surface area contributed by atoms with Gasteiger partial charge in [0.1, 0.15) is 0 Å². The van der Waals surface area contributed by atoms with Gasteiger partial charge in [0.05, 0.1) is 0 Å². The Morgan fingerprint density at radius 2 is 2.22 bits per heavy atom. The lowest BCUT2D eigenvalue weighted by Crippen LogP contribution is -2.38. The van der Waals surface area contributed by atoms with E-state index in [9.17, 15) is 0 Å². The van der Waals surface area contributed by atoms with Crippen molar-refractivity contribution in [2.75, 3.05) is 19.6 Å². The molecule has 0 aromatic heterocycles. The Balaban J connectivity index is 2.04. The fraction of sp³-hybridized carbons (Fsp3) is 0.600. The molecule has 1 fully saturated rings. The first kappa shape index (κ1) is 14.0. The summed E-state index contributed by atoms with van der Waals surface area (Å²) in [5.74, 6) is 0. The SMILES string of the molecule is CCN(CC1CCCN1)C(C)c1ccccc1Br. The molecule has 1 heterocycles. The van der Waals surface area contributed by atoms with Crippen molar-refractivity contribution in [3.63, 3.8) is 0 Å². The average molecular weight is 311 g/mol. The largest absolute Gasteiger partial charge is 0.313 e. The van der Waals surface area contributed by atoms with E-state index in [4.69, 9.17) is 0 Å². The molecule has 18 heavy (non-hydrogen) atoms. The van der Waals surface area contributed by atoms with Gasteiger partial charge in [0, 0.05) is 23.1 Å². The van der Waals surface area contributed by atoms with Crippen LogP contribution in [0.3, 0.4) is 0 Å². The van der Waals surface area contributed by atoms with Crippen LogP contribution in [0.2, 0.25) is 0 Å². The van der Waals surface area contributed by atoms with Gasteiger partial charge in [-0.05, 0) is 44.5 Å². The number of nitrogens with zero attached hydrogens (tertiary/aromatic N) is 1. The molecule has 1 saturated heterocycles. The van der Waals surface area contributed by atoms with Gasteiger partial charge in [-0.3, -0.25) is 4.90 Å². The summed E-state index contributed by atoms with van der Waals surface area (Å²) in [5, 5.41) is 3.59. The minimum Gasteiger partial charge on any atom is -0.313 e. The molecule has 0 bridgehead atoms. The molecule has 2 nitrogen and oxygen atoms in total. The second-order valence-electron chi connectivity index (χ2n) is 5.08. The highest BCUT2D eigenvalue weighted by Crippen LogP contribution is 2.27. The number of likely N-dealkylation sites (N-methyl/N-ethyl adjacent to an activating group) is 1. The van der Waals surface area contributed by atoms with E-state index in [2.05, 4.69) is 64.3 Å². The van der Waals surface area contributed by atoms with Gasteiger partial charge in [-0.2, -0.15) is 0 Å². The summed E-state index contributed by atoms with van der Waals surface area (Å²) in [6.45, 7) is 7.99. The minimum absolute atomic E-state index is 0.466. The first-order chi connectivity index (χ1) is 8.72.